The largest absolute Gasteiger partial charge is 0.319 e. The van der Waals surface area contributed by atoms with Gasteiger partial charge in [0, 0.05) is 10.0 Å². The van der Waals surface area contributed by atoms with Crippen molar-refractivity contribution in [2.45, 2.75) is 0 Å². The second kappa shape index (κ2) is 6.75. The summed E-state index contributed by atoms with van der Waals surface area (Å²) in [6.45, 7) is 0. The van der Waals surface area contributed by atoms with E-state index in [0.717, 1.165) is 11.1 Å². The van der Waals surface area contributed by atoms with Crippen molar-refractivity contribution < 1.29 is 9.18 Å². The lowest BCUT2D eigenvalue weighted by molar-refractivity contribution is 0.102. The first-order valence-corrected chi connectivity index (χ1v) is 7.85. The fraction of sp³-hybridized carbons (Fsp3) is 0. The van der Waals surface area contributed by atoms with Gasteiger partial charge in [-0.15, -0.1) is 0 Å². The van der Waals surface area contributed by atoms with Crippen LogP contribution in [0.25, 0.3) is 11.1 Å². The Hall–Kier alpha value is -2.46. The normalized spacial score (nSPS) is 10.3. The molecule has 0 radical (unpaired) electrons. The highest BCUT2D eigenvalue weighted by molar-refractivity contribution is 9.10. The summed E-state index contributed by atoms with van der Waals surface area (Å²) >= 11 is 3.18. The van der Waals surface area contributed by atoms with Crippen molar-refractivity contribution in [1.29, 1.82) is 0 Å². The van der Waals surface area contributed by atoms with Crippen LogP contribution < -0.4 is 5.32 Å². The lowest BCUT2D eigenvalue weighted by atomic mass is 10.0. The predicted molar refractivity (Wildman–Crippen MR) is 93.9 cm³/mol. The van der Waals surface area contributed by atoms with Crippen LogP contribution in [0.15, 0.2) is 77.3 Å². The summed E-state index contributed by atoms with van der Waals surface area (Å²) in [4.78, 5) is 12.2. The maximum atomic E-state index is 13.8. The zero-order valence-electron chi connectivity index (χ0n) is 12.1. The lowest BCUT2D eigenvalue weighted by Crippen LogP contribution is -2.12. The van der Waals surface area contributed by atoms with Crippen LogP contribution in [0, 0.1) is 5.82 Å². The Kier molecular flexibility index (Phi) is 4.53. The number of carbonyl (C=O) groups excluding carboxylic acids is 1. The van der Waals surface area contributed by atoms with E-state index in [4.69, 9.17) is 0 Å². The van der Waals surface area contributed by atoms with Crippen molar-refractivity contribution in [2.24, 2.45) is 0 Å². The molecule has 3 aromatic carbocycles. The minimum absolute atomic E-state index is 0.158. The maximum Gasteiger partial charge on any atom is 0.255 e. The predicted octanol–water partition coefficient (Wildman–Crippen LogP) is 5.51. The van der Waals surface area contributed by atoms with Gasteiger partial charge in [-0.2, -0.15) is 0 Å². The third-order valence-corrected chi connectivity index (χ3v) is 3.93. The van der Waals surface area contributed by atoms with E-state index >= 15 is 0 Å². The van der Waals surface area contributed by atoms with Gasteiger partial charge >= 0.3 is 0 Å². The summed E-state index contributed by atoms with van der Waals surface area (Å²) in [7, 11) is 0. The maximum absolute atomic E-state index is 13.8. The molecular weight excluding hydrogens is 357 g/mol. The first-order valence-electron chi connectivity index (χ1n) is 7.05. The second-order valence-corrected chi connectivity index (χ2v) is 5.94. The Bertz CT molecular complexity index is 832. The van der Waals surface area contributed by atoms with Crippen LogP contribution in [-0.2, 0) is 0 Å². The van der Waals surface area contributed by atoms with Gasteiger partial charge < -0.3 is 5.32 Å². The van der Waals surface area contributed by atoms with E-state index in [9.17, 15) is 9.18 Å². The number of benzene rings is 3. The molecule has 0 fully saturated rings. The monoisotopic (exact) mass is 369 g/mol. The SMILES string of the molecule is O=C(Nc1ccc(Br)cc1F)c1ccc(-c2ccccc2)cc1. The molecule has 3 aromatic rings. The second-order valence-electron chi connectivity index (χ2n) is 5.02. The molecule has 2 nitrogen and oxygen atoms in total. The van der Waals surface area contributed by atoms with E-state index in [2.05, 4.69) is 21.2 Å². The summed E-state index contributed by atoms with van der Waals surface area (Å²) in [5, 5.41) is 2.58. The number of hydrogen-bond donors (Lipinski definition) is 1. The Labute approximate surface area is 142 Å². The molecule has 1 N–H and O–H groups in total. The molecule has 114 valence electrons. The third kappa shape index (κ3) is 3.66. The molecule has 0 heterocycles. The molecule has 0 aromatic heterocycles. The summed E-state index contributed by atoms with van der Waals surface area (Å²) in [6, 6.07) is 21.6. The highest BCUT2D eigenvalue weighted by Gasteiger charge is 2.10. The van der Waals surface area contributed by atoms with Gasteiger partial charge in [0.25, 0.3) is 5.91 Å². The highest BCUT2D eigenvalue weighted by Crippen LogP contribution is 2.22. The number of amides is 1. The molecule has 0 atom stereocenters. The summed E-state index contributed by atoms with van der Waals surface area (Å²) in [5.74, 6) is -0.820. The van der Waals surface area contributed by atoms with Crippen molar-refractivity contribution in [3.05, 3.63) is 88.6 Å². The molecule has 0 saturated carbocycles. The Morgan fingerprint density at radius 2 is 1.52 bits per heavy atom. The number of anilines is 1. The van der Waals surface area contributed by atoms with Crippen LogP contribution >= 0.6 is 15.9 Å². The Balaban J connectivity index is 1.78. The van der Waals surface area contributed by atoms with Crippen molar-refractivity contribution in [1.82, 2.24) is 0 Å². The highest BCUT2D eigenvalue weighted by atomic mass is 79.9. The number of hydrogen-bond acceptors (Lipinski definition) is 1. The molecule has 0 bridgehead atoms. The molecule has 0 aliphatic carbocycles. The van der Waals surface area contributed by atoms with Crippen molar-refractivity contribution in [3.8, 4) is 11.1 Å². The molecule has 0 spiro atoms. The molecule has 0 saturated heterocycles. The minimum Gasteiger partial charge on any atom is -0.319 e. The van der Waals surface area contributed by atoms with E-state index in [-0.39, 0.29) is 11.6 Å². The molecule has 0 aliphatic rings. The lowest BCUT2D eigenvalue weighted by Gasteiger charge is -2.08. The van der Waals surface area contributed by atoms with Crippen LogP contribution in [0.1, 0.15) is 10.4 Å². The molecule has 0 aliphatic heterocycles. The van der Waals surface area contributed by atoms with Crippen LogP contribution in [-0.4, -0.2) is 5.91 Å². The molecule has 3 rings (SSSR count). The van der Waals surface area contributed by atoms with Gasteiger partial charge in [0.1, 0.15) is 5.82 Å². The van der Waals surface area contributed by atoms with Gasteiger partial charge in [-0.25, -0.2) is 4.39 Å². The fourth-order valence-corrected chi connectivity index (χ4v) is 2.56. The van der Waals surface area contributed by atoms with Crippen LogP contribution in [0.3, 0.4) is 0 Å². The Morgan fingerprint density at radius 3 is 2.17 bits per heavy atom. The third-order valence-electron chi connectivity index (χ3n) is 3.43. The molecule has 0 unspecified atom stereocenters. The Morgan fingerprint density at radius 1 is 0.870 bits per heavy atom. The van der Waals surface area contributed by atoms with Gasteiger partial charge in [-0.3, -0.25) is 4.79 Å². The molecule has 4 heteroatoms. The van der Waals surface area contributed by atoms with Gasteiger partial charge in [-0.1, -0.05) is 58.4 Å². The molecule has 1 amide bonds. The summed E-state index contributed by atoms with van der Waals surface area (Å²) in [5.41, 5.74) is 2.74. The van der Waals surface area contributed by atoms with Crippen LogP contribution in [0.2, 0.25) is 0 Å². The standard InChI is InChI=1S/C19H13BrFNO/c20-16-10-11-18(17(21)12-16)22-19(23)15-8-6-14(7-9-15)13-4-2-1-3-5-13/h1-12H,(H,22,23). The summed E-state index contributed by atoms with van der Waals surface area (Å²) < 4.78 is 14.4. The quantitative estimate of drug-likeness (QED) is 0.647. The smallest absolute Gasteiger partial charge is 0.255 e. The molecule has 23 heavy (non-hydrogen) atoms. The van der Waals surface area contributed by atoms with Gasteiger partial charge in [0.2, 0.25) is 0 Å². The number of rotatable bonds is 3. The van der Waals surface area contributed by atoms with Crippen molar-refractivity contribution in [3.63, 3.8) is 0 Å². The first kappa shape index (κ1) is 15.4. The van der Waals surface area contributed by atoms with E-state index in [1.54, 1.807) is 18.2 Å². The fourth-order valence-electron chi connectivity index (χ4n) is 2.23. The van der Waals surface area contributed by atoms with Gasteiger partial charge in [-0.05, 0) is 41.5 Å². The zero-order valence-corrected chi connectivity index (χ0v) is 13.7. The van der Waals surface area contributed by atoms with Gasteiger partial charge in [0.05, 0.1) is 5.69 Å². The zero-order chi connectivity index (χ0) is 16.2. The minimum atomic E-state index is -0.478. The average molecular weight is 370 g/mol. The van der Waals surface area contributed by atoms with Crippen LogP contribution in [0.4, 0.5) is 10.1 Å². The topological polar surface area (TPSA) is 29.1 Å². The van der Waals surface area contributed by atoms with E-state index < -0.39 is 5.82 Å². The summed E-state index contributed by atoms with van der Waals surface area (Å²) in [6.07, 6.45) is 0. The first-order chi connectivity index (χ1) is 11.1. The van der Waals surface area contributed by atoms with Gasteiger partial charge in [0.15, 0.2) is 0 Å². The van der Waals surface area contributed by atoms with Crippen molar-refractivity contribution in [2.75, 3.05) is 5.32 Å². The van der Waals surface area contributed by atoms with Crippen molar-refractivity contribution >= 4 is 27.5 Å². The number of carbonyl (C=O) groups is 1. The number of halogens is 2. The average Bonchev–Trinajstić information content (AvgIpc) is 2.58. The van der Waals surface area contributed by atoms with E-state index in [1.165, 1.54) is 12.1 Å². The van der Waals surface area contributed by atoms with E-state index in [1.807, 2.05) is 42.5 Å². The molecular formula is C19H13BrFNO. The number of nitrogens with one attached hydrogen (secondary N) is 1. The van der Waals surface area contributed by atoms with E-state index in [0.29, 0.717) is 10.0 Å². The van der Waals surface area contributed by atoms with Crippen LogP contribution in [0.5, 0.6) is 0 Å².